The van der Waals surface area contributed by atoms with Gasteiger partial charge in [0.25, 0.3) is 0 Å². The fourth-order valence-corrected chi connectivity index (χ4v) is 1.42. The van der Waals surface area contributed by atoms with Gasteiger partial charge in [0.05, 0.1) is 6.61 Å². The zero-order chi connectivity index (χ0) is 10.4. The molecule has 5 heteroatoms. The zero-order valence-corrected chi connectivity index (χ0v) is 8.92. The van der Waals surface area contributed by atoms with E-state index in [0.717, 1.165) is 12.8 Å². The SMILES string of the molecule is CCOOCN1CCC(Cl)=C(C=O)C1. The topological polar surface area (TPSA) is 38.8 Å². The van der Waals surface area contributed by atoms with E-state index in [1.165, 1.54) is 0 Å². The van der Waals surface area contributed by atoms with Gasteiger partial charge in [-0.2, -0.15) is 0 Å². The van der Waals surface area contributed by atoms with E-state index in [1.807, 2.05) is 11.8 Å². The van der Waals surface area contributed by atoms with E-state index in [0.29, 0.717) is 36.9 Å². The summed E-state index contributed by atoms with van der Waals surface area (Å²) in [5, 5.41) is 0.660. The normalized spacial score (nSPS) is 18.7. The van der Waals surface area contributed by atoms with Crippen LogP contribution in [0.2, 0.25) is 0 Å². The number of aldehydes is 1. The zero-order valence-electron chi connectivity index (χ0n) is 8.16. The van der Waals surface area contributed by atoms with Crippen LogP contribution >= 0.6 is 11.6 Å². The molecule has 0 saturated carbocycles. The maximum atomic E-state index is 10.6. The van der Waals surface area contributed by atoms with Gasteiger partial charge in [0, 0.05) is 23.7 Å². The lowest BCUT2D eigenvalue weighted by atomic mass is 10.1. The third-order valence-corrected chi connectivity index (χ3v) is 2.40. The van der Waals surface area contributed by atoms with E-state index in [9.17, 15) is 4.79 Å². The van der Waals surface area contributed by atoms with Crippen LogP contribution in [0.25, 0.3) is 0 Å². The van der Waals surface area contributed by atoms with Crippen LogP contribution < -0.4 is 0 Å². The van der Waals surface area contributed by atoms with Gasteiger partial charge in [-0.05, 0) is 13.3 Å². The fourth-order valence-electron chi connectivity index (χ4n) is 1.23. The molecule has 0 aromatic rings. The highest BCUT2D eigenvalue weighted by molar-refractivity contribution is 6.31. The van der Waals surface area contributed by atoms with Gasteiger partial charge in [0.1, 0.15) is 13.0 Å². The Bertz CT molecular complexity index is 230. The Morgan fingerprint density at radius 3 is 3.00 bits per heavy atom. The summed E-state index contributed by atoms with van der Waals surface area (Å²) in [6.07, 6.45) is 1.50. The Kier molecular flexibility index (Phi) is 5.11. The molecule has 0 atom stereocenters. The number of hydrogen-bond acceptors (Lipinski definition) is 4. The Morgan fingerprint density at radius 2 is 2.36 bits per heavy atom. The van der Waals surface area contributed by atoms with E-state index in [-0.39, 0.29) is 0 Å². The Balaban J connectivity index is 2.34. The molecule has 0 aromatic carbocycles. The minimum Gasteiger partial charge on any atom is -0.298 e. The molecule has 0 spiro atoms. The number of carbonyl (C=O) groups excluding carboxylic acids is 1. The lowest BCUT2D eigenvalue weighted by Crippen LogP contribution is -2.33. The van der Waals surface area contributed by atoms with Gasteiger partial charge >= 0.3 is 0 Å². The molecule has 0 aromatic heterocycles. The van der Waals surface area contributed by atoms with Gasteiger partial charge in [-0.25, -0.2) is 9.78 Å². The van der Waals surface area contributed by atoms with Crippen molar-refractivity contribution in [3.05, 3.63) is 10.6 Å². The highest BCUT2D eigenvalue weighted by Crippen LogP contribution is 2.19. The summed E-state index contributed by atoms with van der Waals surface area (Å²) >= 11 is 5.86. The van der Waals surface area contributed by atoms with Gasteiger partial charge in [-0.1, -0.05) is 11.6 Å². The quantitative estimate of drug-likeness (QED) is 0.303. The smallest absolute Gasteiger partial charge is 0.148 e. The molecular weight excluding hydrogens is 206 g/mol. The molecular formula is C9H14ClNO3. The molecule has 1 heterocycles. The average Bonchev–Trinajstić information content (AvgIpc) is 2.21. The van der Waals surface area contributed by atoms with Crippen LogP contribution in [0, 0.1) is 0 Å². The molecule has 14 heavy (non-hydrogen) atoms. The molecule has 0 saturated heterocycles. The minimum absolute atomic E-state index is 0.370. The molecule has 1 aliphatic heterocycles. The summed E-state index contributed by atoms with van der Waals surface area (Å²) in [5.74, 6) is 0. The first-order valence-electron chi connectivity index (χ1n) is 4.57. The van der Waals surface area contributed by atoms with Crippen molar-refractivity contribution in [1.29, 1.82) is 0 Å². The van der Waals surface area contributed by atoms with Gasteiger partial charge in [-0.3, -0.25) is 9.69 Å². The van der Waals surface area contributed by atoms with E-state index in [1.54, 1.807) is 0 Å². The fraction of sp³-hybridized carbons (Fsp3) is 0.667. The highest BCUT2D eigenvalue weighted by Gasteiger charge is 2.17. The molecule has 0 fully saturated rings. The summed E-state index contributed by atoms with van der Waals surface area (Å²) in [6.45, 7) is 4.07. The van der Waals surface area contributed by atoms with Gasteiger partial charge in [0.15, 0.2) is 0 Å². The second kappa shape index (κ2) is 6.14. The van der Waals surface area contributed by atoms with Crippen LogP contribution in [0.3, 0.4) is 0 Å². The van der Waals surface area contributed by atoms with Crippen molar-refractivity contribution in [3.8, 4) is 0 Å². The largest absolute Gasteiger partial charge is 0.298 e. The summed E-state index contributed by atoms with van der Waals surface area (Å²) in [4.78, 5) is 22.2. The molecule has 0 unspecified atom stereocenters. The maximum absolute atomic E-state index is 10.6. The van der Waals surface area contributed by atoms with Crippen LogP contribution in [0.4, 0.5) is 0 Å². The van der Waals surface area contributed by atoms with E-state index < -0.39 is 0 Å². The van der Waals surface area contributed by atoms with E-state index >= 15 is 0 Å². The molecule has 4 nitrogen and oxygen atoms in total. The Hall–Kier alpha value is -0.420. The molecule has 1 aliphatic rings. The molecule has 0 aliphatic carbocycles. The van der Waals surface area contributed by atoms with Gasteiger partial charge in [0.2, 0.25) is 0 Å². The van der Waals surface area contributed by atoms with Crippen LogP contribution in [0.1, 0.15) is 13.3 Å². The van der Waals surface area contributed by atoms with E-state index in [4.69, 9.17) is 21.4 Å². The summed E-state index contributed by atoms with van der Waals surface area (Å²) < 4.78 is 0. The third-order valence-electron chi connectivity index (χ3n) is 1.97. The summed E-state index contributed by atoms with van der Waals surface area (Å²) in [6, 6.07) is 0. The van der Waals surface area contributed by atoms with Crippen LogP contribution in [-0.4, -0.2) is 37.6 Å². The average molecular weight is 220 g/mol. The number of rotatable bonds is 5. The monoisotopic (exact) mass is 219 g/mol. The maximum Gasteiger partial charge on any atom is 0.148 e. The van der Waals surface area contributed by atoms with Crippen LogP contribution in [0.5, 0.6) is 0 Å². The van der Waals surface area contributed by atoms with E-state index in [2.05, 4.69) is 0 Å². The molecule has 0 amide bonds. The predicted molar refractivity (Wildman–Crippen MR) is 52.7 cm³/mol. The molecule has 0 N–H and O–H groups in total. The number of carbonyl (C=O) groups is 1. The van der Waals surface area contributed by atoms with Crippen LogP contribution in [0.15, 0.2) is 10.6 Å². The van der Waals surface area contributed by atoms with Crippen molar-refractivity contribution < 1.29 is 14.6 Å². The predicted octanol–water partition coefficient (Wildman–Crippen LogP) is 1.31. The van der Waals surface area contributed by atoms with Crippen molar-refractivity contribution in [2.24, 2.45) is 0 Å². The number of nitrogens with zero attached hydrogens (tertiary/aromatic N) is 1. The van der Waals surface area contributed by atoms with Crippen molar-refractivity contribution in [3.63, 3.8) is 0 Å². The van der Waals surface area contributed by atoms with Gasteiger partial charge < -0.3 is 0 Å². The Labute approximate surface area is 88.3 Å². The third kappa shape index (κ3) is 3.38. The second-order valence-electron chi connectivity index (χ2n) is 3.00. The standard InChI is InChI=1S/C9H14ClNO3/c1-2-13-14-7-11-4-3-9(10)8(5-11)6-12/h6H,2-5,7H2,1H3. The number of hydrogen-bond donors (Lipinski definition) is 0. The number of halogens is 1. The van der Waals surface area contributed by atoms with Crippen molar-refractivity contribution in [2.75, 3.05) is 26.4 Å². The molecule has 1 rings (SSSR count). The van der Waals surface area contributed by atoms with Crippen molar-refractivity contribution in [1.82, 2.24) is 4.90 Å². The van der Waals surface area contributed by atoms with Crippen molar-refractivity contribution in [2.45, 2.75) is 13.3 Å². The lowest BCUT2D eigenvalue weighted by Gasteiger charge is -2.25. The summed E-state index contributed by atoms with van der Waals surface area (Å²) in [5.41, 5.74) is 0.637. The second-order valence-corrected chi connectivity index (χ2v) is 3.46. The first kappa shape index (κ1) is 11.7. The minimum atomic E-state index is 0.370. The Morgan fingerprint density at radius 1 is 1.57 bits per heavy atom. The van der Waals surface area contributed by atoms with Crippen LogP contribution in [-0.2, 0) is 14.6 Å². The summed E-state index contributed by atoms with van der Waals surface area (Å²) in [7, 11) is 0. The lowest BCUT2D eigenvalue weighted by molar-refractivity contribution is -0.311. The highest BCUT2D eigenvalue weighted by atomic mass is 35.5. The first-order valence-corrected chi connectivity index (χ1v) is 4.95. The molecule has 0 bridgehead atoms. The first-order chi connectivity index (χ1) is 6.77. The molecule has 0 radical (unpaired) electrons. The van der Waals surface area contributed by atoms with Crippen molar-refractivity contribution >= 4 is 17.9 Å². The van der Waals surface area contributed by atoms with Gasteiger partial charge in [-0.15, -0.1) is 0 Å². The molecule has 80 valence electrons.